The first kappa shape index (κ1) is 9.96. The van der Waals surface area contributed by atoms with Crippen LogP contribution in [-0.2, 0) is 0 Å². The Morgan fingerprint density at radius 3 is 2.15 bits per heavy atom. The van der Waals surface area contributed by atoms with E-state index in [1.165, 1.54) is 0 Å². The van der Waals surface area contributed by atoms with Gasteiger partial charge in [0.25, 0.3) is 0 Å². The van der Waals surface area contributed by atoms with E-state index < -0.39 is 0 Å². The standard InChI is InChI=1S/C10H17N3/c1-7(2)9-5-6-10(13-12-9)11-8(3)4/h5-8H,1-4H3,(H,11,13). The zero-order valence-corrected chi connectivity index (χ0v) is 8.70. The minimum Gasteiger partial charge on any atom is -0.366 e. The van der Waals surface area contributed by atoms with Crippen LogP contribution in [0.25, 0.3) is 0 Å². The van der Waals surface area contributed by atoms with Crippen LogP contribution < -0.4 is 5.32 Å². The third-order valence-corrected chi connectivity index (χ3v) is 1.71. The van der Waals surface area contributed by atoms with Gasteiger partial charge in [0.05, 0.1) is 5.69 Å². The van der Waals surface area contributed by atoms with E-state index in [0.717, 1.165) is 11.5 Å². The molecule has 1 aromatic heterocycles. The largest absolute Gasteiger partial charge is 0.366 e. The molecule has 1 aromatic rings. The van der Waals surface area contributed by atoms with Crippen LogP contribution in [0.2, 0.25) is 0 Å². The Bertz CT molecular complexity index is 251. The van der Waals surface area contributed by atoms with Crippen molar-refractivity contribution in [1.82, 2.24) is 10.2 Å². The van der Waals surface area contributed by atoms with Crippen molar-refractivity contribution < 1.29 is 0 Å². The highest BCUT2D eigenvalue weighted by molar-refractivity contribution is 5.33. The smallest absolute Gasteiger partial charge is 0.148 e. The maximum absolute atomic E-state index is 4.12. The molecule has 13 heavy (non-hydrogen) atoms. The molecule has 3 nitrogen and oxygen atoms in total. The fraction of sp³-hybridized carbons (Fsp3) is 0.600. The van der Waals surface area contributed by atoms with Crippen molar-refractivity contribution in [2.24, 2.45) is 0 Å². The van der Waals surface area contributed by atoms with E-state index in [-0.39, 0.29) is 0 Å². The van der Waals surface area contributed by atoms with E-state index in [1.807, 2.05) is 12.1 Å². The van der Waals surface area contributed by atoms with Gasteiger partial charge in [-0.25, -0.2) is 0 Å². The number of hydrogen-bond acceptors (Lipinski definition) is 3. The molecule has 0 saturated carbocycles. The molecule has 0 aliphatic carbocycles. The average molecular weight is 179 g/mol. The Balaban J connectivity index is 2.70. The van der Waals surface area contributed by atoms with Crippen LogP contribution >= 0.6 is 0 Å². The monoisotopic (exact) mass is 179 g/mol. The van der Waals surface area contributed by atoms with Crippen molar-refractivity contribution in [1.29, 1.82) is 0 Å². The van der Waals surface area contributed by atoms with E-state index in [4.69, 9.17) is 0 Å². The van der Waals surface area contributed by atoms with Gasteiger partial charge >= 0.3 is 0 Å². The normalized spacial score (nSPS) is 10.9. The molecule has 1 N–H and O–H groups in total. The van der Waals surface area contributed by atoms with Crippen LogP contribution in [-0.4, -0.2) is 16.2 Å². The summed E-state index contributed by atoms with van der Waals surface area (Å²) in [7, 11) is 0. The maximum Gasteiger partial charge on any atom is 0.148 e. The Kier molecular flexibility index (Phi) is 3.23. The lowest BCUT2D eigenvalue weighted by Crippen LogP contribution is -2.11. The minimum atomic E-state index is 0.402. The predicted molar refractivity (Wildman–Crippen MR) is 54.9 cm³/mol. The maximum atomic E-state index is 4.12. The summed E-state index contributed by atoms with van der Waals surface area (Å²) in [4.78, 5) is 0. The first-order chi connectivity index (χ1) is 6.09. The zero-order chi connectivity index (χ0) is 9.84. The van der Waals surface area contributed by atoms with Gasteiger partial charge in [-0.05, 0) is 31.9 Å². The summed E-state index contributed by atoms with van der Waals surface area (Å²) >= 11 is 0. The molecule has 1 rings (SSSR count). The van der Waals surface area contributed by atoms with Crippen LogP contribution in [0, 0.1) is 0 Å². The fourth-order valence-electron chi connectivity index (χ4n) is 1.02. The zero-order valence-electron chi connectivity index (χ0n) is 8.70. The molecule has 0 fully saturated rings. The molecule has 0 unspecified atom stereocenters. The third-order valence-electron chi connectivity index (χ3n) is 1.71. The SMILES string of the molecule is CC(C)Nc1ccc(C(C)C)nn1. The van der Waals surface area contributed by atoms with Crippen LogP contribution in [0.3, 0.4) is 0 Å². The quantitative estimate of drug-likeness (QED) is 0.774. The van der Waals surface area contributed by atoms with E-state index >= 15 is 0 Å². The average Bonchev–Trinajstić information content (AvgIpc) is 2.04. The highest BCUT2D eigenvalue weighted by Crippen LogP contribution is 2.11. The second kappa shape index (κ2) is 4.21. The fourth-order valence-corrected chi connectivity index (χ4v) is 1.02. The molecule has 0 aromatic carbocycles. The van der Waals surface area contributed by atoms with Gasteiger partial charge in [-0.1, -0.05) is 13.8 Å². The lowest BCUT2D eigenvalue weighted by Gasteiger charge is -2.09. The highest BCUT2D eigenvalue weighted by atomic mass is 15.2. The summed E-state index contributed by atoms with van der Waals surface area (Å²) in [6.07, 6.45) is 0. The lowest BCUT2D eigenvalue weighted by molar-refractivity contribution is 0.779. The van der Waals surface area contributed by atoms with Gasteiger partial charge in [-0.3, -0.25) is 0 Å². The number of anilines is 1. The summed E-state index contributed by atoms with van der Waals surface area (Å²) in [6, 6.07) is 4.39. The van der Waals surface area contributed by atoms with Crippen LogP contribution in [0.15, 0.2) is 12.1 Å². The first-order valence-corrected chi connectivity index (χ1v) is 4.69. The van der Waals surface area contributed by atoms with Gasteiger partial charge < -0.3 is 5.32 Å². The Labute approximate surface area is 79.6 Å². The Morgan fingerprint density at radius 1 is 1.08 bits per heavy atom. The second-order valence-electron chi connectivity index (χ2n) is 3.80. The van der Waals surface area contributed by atoms with E-state index in [1.54, 1.807) is 0 Å². The summed E-state index contributed by atoms with van der Waals surface area (Å²) in [5.74, 6) is 1.29. The van der Waals surface area contributed by atoms with Gasteiger partial charge in [0.1, 0.15) is 5.82 Å². The lowest BCUT2D eigenvalue weighted by atomic mass is 10.1. The van der Waals surface area contributed by atoms with Crippen molar-refractivity contribution in [3.05, 3.63) is 17.8 Å². The van der Waals surface area contributed by atoms with Crippen LogP contribution in [0.5, 0.6) is 0 Å². The molecule has 0 bridgehead atoms. The summed E-state index contributed by atoms with van der Waals surface area (Å²) in [5, 5.41) is 11.4. The van der Waals surface area contributed by atoms with Gasteiger partial charge in [0, 0.05) is 6.04 Å². The molecule has 3 heteroatoms. The molecule has 1 heterocycles. The predicted octanol–water partition coefficient (Wildman–Crippen LogP) is 2.42. The van der Waals surface area contributed by atoms with E-state index in [0.29, 0.717) is 12.0 Å². The summed E-state index contributed by atoms with van der Waals surface area (Å²) in [6.45, 7) is 8.38. The molecule has 0 atom stereocenters. The summed E-state index contributed by atoms with van der Waals surface area (Å²) < 4.78 is 0. The number of aromatic nitrogens is 2. The molecule has 0 aliphatic heterocycles. The molecule has 0 radical (unpaired) electrons. The number of nitrogens with zero attached hydrogens (tertiary/aromatic N) is 2. The van der Waals surface area contributed by atoms with Crippen LogP contribution in [0.4, 0.5) is 5.82 Å². The number of hydrogen-bond donors (Lipinski definition) is 1. The minimum absolute atomic E-state index is 0.402. The van der Waals surface area contributed by atoms with E-state index in [9.17, 15) is 0 Å². The van der Waals surface area contributed by atoms with Gasteiger partial charge in [-0.2, -0.15) is 5.10 Å². The molecule has 0 aliphatic rings. The molecule has 0 spiro atoms. The van der Waals surface area contributed by atoms with E-state index in [2.05, 4.69) is 43.2 Å². The highest BCUT2D eigenvalue weighted by Gasteiger charge is 2.02. The van der Waals surface area contributed by atoms with Gasteiger partial charge in [0.2, 0.25) is 0 Å². The van der Waals surface area contributed by atoms with Crippen molar-refractivity contribution in [3.63, 3.8) is 0 Å². The molecule has 0 amide bonds. The number of rotatable bonds is 3. The van der Waals surface area contributed by atoms with Gasteiger partial charge in [0.15, 0.2) is 0 Å². The van der Waals surface area contributed by atoms with Crippen LogP contribution in [0.1, 0.15) is 39.3 Å². The van der Waals surface area contributed by atoms with Crippen molar-refractivity contribution in [2.75, 3.05) is 5.32 Å². The second-order valence-corrected chi connectivity index (χ2v) is 3.80. The molecule has 0 saturated heterocycles. The van der Waals surface area contributed by atoms with Crippen molar-refractivity contribution in [3.8, 4) is 0 Å². The summed E-state index contributed by atoms with van der Waals surface area (Å²) in [5.41, 5.74) is 1.04. The van der Waals surface area contributed by atoms with Crippen molar-refractivity contribution >= 4 is 5.82 Å². The number of nitrogens with one attached hydrogen (secondary N) is 1. The molecular weight excluding hydrogens is 162 g/mol. The third kappa shape index (κ3) is 3.01. The first-order valence-electron chi connectivity index (χ1n) is 4.69. The van der Waals surface area contributed by atoms with Gasteiger partial charge in [-0.15, -0.1) is 5.10 Å². The van der Waals surface area contributed by atoms with Crippen molar-refractivity contribution in [2.45, 2.75) is 39.7 Å². The Morgan fingerprint density at radius 2 is 1.77 bits per heavy atom. The molecule has 72 valence electrons. The molecular formula is C10H17N3. The topological polar surface area (TPSA) is 37.8 Å². The Hall–Kier alpha value is -1.12.